The Morgan fingerprint density at radius 3 is 2.59 bits per heavy atom. The van der Waals surface area contributed by atoms with Crippen LogP contribution in [0.5, 0.6) is 0 Å². The second-order valence-electron chi connectivity index (χ2n) is 6.31. The minimum Gasteiger partial charge on any atom is -0.478 e. The Labute approximate surface area is 160 Å². The summed E-state index contributed by atoms with van der Waals surface area (Å²) in [4.78, 5) is 28.2. The second-order valence-corrected chi connectivity index (χ2v) is 6.72. The molecular weight excluding hydrogens is 366 g/mol. The number of nitrogens with zero attached hydrogens (tertiary/aromatic N) is 2. The standard InChI is InChI=1S/C20H18ClN3O3/c1-11-4-7-18(12(2)8-11)24-19(25)16(13(3)23-24)10-22-14-5-6-17(21)15(9-14)20(26)27/h4-10,23H,1-3H3,(H,26,27). The Bertz CT molecular complexity index is 1130. The van der Waals surface area contributed by atoms with Gasteiger partial charge in [0.15, 0.2) is 0 Å². The van der Waals surface area contributed by atoms with Gasteiger partial charge in [-0.05, 0) is 50.6 Å². The van der Waals surface area contributed by atoms with Gasteiger partial charge in [-0.2, -0.15) is 0 Å². The number of aromatic carboxylic acids is 1. The van der Waals surface area contributed by atoms with Gasteiger partial charge in [0.1, 0.15) is 0 Å². The van der Waals surface area contributed by atoms with Crippen molar-refractivity contribution in [1.82, 2.24) is 9.78 Å². The van der Waals surface area contributed by atoms with E-state index in [2.05, 4.69) is 10.1 Å². The van der Waals surface area contributed by atoms with Gasteiger partial charge in [-0.25, -0.2) is 9.48 Å². The number of carboxylic acids is 1. The number of H-pyrrole nitrogens is 1. The van der Waals surface area contributed by atoms with Crippen LogP contribution < -0.4 is 5.56 Å². The molecule has 7 heteroatoms. The van der Waals surface area contributed by atoms with E-state index in [-0.39, 0.29) is 16.1 Å². The topological polar surface area (TPSA) is 87.4 Å². The summed E-state index contributed by atoms with van der Waals surface area (Å²) in [7, 11) is 0. The summed E-state index contributed by atoms with van der Waals surface area (Å²) in [6.45, 7) is 5.72. The first-order valence-corrected chi connectivity index (χ1v) is 8.62. The molecular formula is C20H18ClN3O3. The molecule has 6 nitrogen and oxygen atoms in total. The number of aryl methyl sites for hydroxylation is 3. The van der Waals surface area contributed by atoms with Crippen LogP contribution in [0.2, 0.25) is 5.02 Å². The quantitative estimate of drug-likeness (QED) is 0.662. The van der Waals surface area contributed by atoms with Gasteiger partial charge < -0.3 is 5.11 Å². The van der Waals surface area contributed by atoms with Crippen molar-refractivity contribution in [3.8, 4) is 5.69 Å². The molecule has 0 radical (unpaired) electrons. The summed E-state index contributed by atoms with van der Waals surface area (Å²) in [5.41, 5.74) is 4.07. The van der Waals surface area contributed by atoms with Crippen LogP contribution in [-0.4, -0.2) is 27.1 Å². The number of hydrogen-bond acceptors (Lipinski definition) is 3. The van der Waals surface area contributed by atoms with Gasteiger partial charge in [0.25, 0.3) is 5.56 Å². The van der Waals surface area contributed by atoms with Gasteiger partial charge in [-0.15, -0.1) is 0 Å². The maximum Gasteiger partial charge on any atom is 0.337 e. The van der Waals surface area contributed by atoms with Gasteiger partial charge in [0, 0.05) is 11.9 Å². The Morgan fingerprint density at radius 2 is 1.93 bits per heavy atom. The number of aromatic amines is 1. The van der Waals surface area contributed by atoms with Crippen molar-refractivity contribution in [2.24, 2.45) is 4.99 Å². The number of carboxylic acid groups (broad SMARTS) is 1. The third kappa shape index (κ3) is 3.71. The van der Waals surface area contributed by atoms with E-state index < -0.39 is 5.97 Å². The molecule has 1 aromatic heterocycles. The number of halogens is 1. The lowest BCUT2D eigenvalue weighted by Gasteiger charge is -2.06. The van der Waals surface area contributed by atoms with Crippen LogP contribution in [0.15, 0.2) is 46.2 Å². The van der Waals surface area contributed by atoms with Crippen molar-refractivity contribution in [3.63, 3.8) is 0 Å². The Hall–Kier alpha value is -3.12. The van der Waals surface area contributed by atoms with E-state index in [1.807, 2.05) is 32.0 Å². The first-order chi connectivity index (χ1) is 12.8. The minimum atomic E-state index is -1.13. The molecule has 0 bridgehead atoms. The van der Waals surface area contributed by atoms with E-state index in [4.69, 9.17) is 16.7 Å². The molecule has 1 heterocycles. The summed E-state index contributed by atoms with van der Waals surface area (Å²) >= 11 is 5.86. The Balaban J connectivity index is 2.01. The molecule has 0 aliphatic rings. The highest BCUT2D eigenvalue weighted by atomic mass is 35.5. The Kier molecular flexibility index (Phi) is 5.01. The zero-order chi connectivity index (χ0) is 19.7. The maximum atomic E-state index is 12.8. The molecule has 0 spiro atoms. The fourth-order valence-corrected chi connectivity index (χ4v) is 3.03. The van der Waals surface area contributed by atoms with E-state index in [0.717, 1.165) is 16.8 Å². The number of hydrogen-bond donors (Lipinski definition) is 2. The summed E-state index contributed by atoms with van der Waals surface area (Å²) in [5, 5.41) is 12.3. The zero-order valence-corrected chi connectivity index (χ0v) is 15.8. The second kappa shape index (κ2) is 7.25. The van der Waals surface area contributed by atoms with Crippen LogP contribution in [0.3, 0.4) is 0 Å². The molecule has 0 atom stereocenters. The van der Waals surface area contributed by atoms with Gasteiger partial charge in [-0.1, -0.05) is 29.3 Å². The molecule has 138 valence electrons. The number of nitrogens with one attached hydrogen (secondary N) is 1. The summed E-state index contributed by atoms with van der Waals surface area (Å²) < 4.78 is 1.48. The Morgan fingerprint density at radius 1 is 1.19 bits per heavy atom. The molecule has 0 amide bonds. The molecule has 0 saturated heterocycles. The first-order valence-electron chi connectivity index (χ1n) is 8.24. The van der Waals surface area contributed by atoms with Crippen LogP contribution in [0.25, 0.3) is 5.69 Å². The van der Waals surface area contributed by atoms with Gasteiger partial charge in [0.05, 0.1) is 27.5 Å². The SMILES string of the molecule is Cc1ccc(-n2[nH]c(C)c(C=Nc3ccc(Cl)c(C(=O)O)c3)c2=O)c(C)c1. The lowest BCUT2D eigenvalue weighted by Crippen LogP contribution is -2.18. The van der Waals surface area contributed by atoms with E-state index in [1.165, 1.54) is 23.0 Å². The van der Waals surface area contributed by atoms with Gasteiger partial charge in [-0.3, -0.25) is 14.9 Å². The highest BCUT2D eigenvalue weighted by Crippen LogP contribution is 2.22. The van der Waals surface area contributed by atoms with Gasteiger partial charge >= 0.3 is 5.97 Å². The molecule has 0 fully saturated rings. The number of aliphatic imine (C=N–C) groups is 1. The van der Waals surface area contributed by atoms with Crippen molar-refractivity contribution >= 4 is 29.5 Å². The number of carbonyl (C=O) groups is 1. The molecule has 2 N–H and O–H groups in total. The van der Waals surface area contributed by atoms with Crippen LogP contribution >= 0.6 is 11.6 Å². The smallest absolute Gasteiger partial charge is 0.337 e. The number of aromatic nitrogens is 2. The number of rotatable bonds is 4. The van der Waals surface area contributed by atoms with E-state index >= 15 is 0 Å². The molecule has 0 saturated carbocycles. The average Bonchev–Trinajstić information content (AvgIpc) is 2.88. The molecule has 0 aliphatic carbocycles. The minimum absolute atomic E-state index is 0.0372. The largest absolute Gasteiger partial charge is 0.478 e. The van der Waals surface area contributed by atoms with Crippen molar-refractivity contribution in [3.05, 3.63) is 79.7 Å². The molecule has 0 unspecified atom stereocenters. The fourth-order valence-electron chi connectivity index (χ4n) is 2.83. The molecule has 2 aromatic carbocycles. The van der Waals surface area contributed by atoms with Crippen LogP contribution in [0, 0.1) is 20.8 Å². The predicted octanol–water partition coefficient (Wildman–Crippen LogP) is 4.19. The average molecular weight is 384 g/mol. The van der Waals surface area contributed by atoms with E-state index in [0.29, 0.717) is 16.9 Å². The summed E-state index contributed by atoms with van der Waals surface area (Å²) in [5.74, 6) is -1.13. The van der Waals surface area contributed by atoms with E-state index in [1.54, 1.807) is 13.0 Å². The highest BCUT2D eigenvalue weighted by molar-refractivity contribution is 6.33. The third-order valence-corrected chi connectivity index (χ3v) is 4.56. The van der Waals surface area contributed by atoms with Crippen LogP contribution in [0.1, 0.15) is 32.7 Å². The van der Waals surface area contributed by atoms with Crippen molar-refractivity contribution < 1.29 is 9.90 Å². The van der Waals surface area contributed by atoms with Crippen molar-refractivity contribution in [1.29, 1.82) is 0 Å². The third-order valence-electron chi connectivity index (χ3n) is 4.23. The monoisotopic (exact) mass is 383 g/mol. The lowest BCUT2D eigenvalue weighted by molar-refractivity contribution is 0.0697. The van der Waals surface area contributed by atoms with Crippen LogP contribution in [0.4, 0.5) is 5.69 Å². The molecule has 3 aromatic rings. The van der Waals surface area contributed by atoms with Crippen molar-refractivity contribution in [2.75, 3.05) is 0 Å². The normalized spacial score (nSPS) is 11.3. The van der Waals surface area contributed by atoms with Gasteiger partial charge in [0.2, 0.25) is 0 Å². The summed E-state index contributed by atoms with van der Waals surface area (Å²) in [6.07, 6.45) is 1.43. The summed E-state index contributed by atoms with van der Waals surface area (Å²) in [6, 6.07) is 10.3. The molecule has 3 rings (SSSR count). The fraction of sp³-hybridized carbons (Fsp3) is 0.150. The molecule has 27 heavy (non-hydrogen) atoms. The number of benzene rings is 2. The molecule has 0 aliphatic heterocycles. The predicted molar refractivity (Wildman–Crippen MR) is 106 cm³/mol. The maximum absolute atomic E-state index is 12.8. The highest BCUT2D eigenvalue weighted by Gasteiger charge is 2.13. The van der Waals surface area contributed by atoms with E-state index in [9.17, 15) is 9.59 Å². The zero-order valence-electron chi connectivity index (χ0n) is 15.1. The van der Waals surface area contributed by atoms with Crippen molar-refractivity contribution in [2.45, 2.75) is 20.8 Å². The lowest BCUT2D eigenvalue weighted by atomic mass is 10.1. The first kappa shape index (κ1) is 18.7. The van der Waals surface area contributed by atoms with Crippen LogP contribution in [-0.2, 0) is 0 Å².